The highest BCUT2D eigenvalue weighted by Gasteiger charge is 2.24. The second-order valence-corrected chi connectivity index (χ2v) is 5.55. The number of ether oxygens (including phenoxy) is 1. The van der Waals surface area contributed by atoms with E-state index in [0.29, 0.717) is 11.4 Å². The van der Waals surface area contributed by atoms with E-state index in [0.717, 1.165) is 4.31 Å². The molecular formula is C11H13N3O3S. The number of benzene rings is 1. The van der Waals surface area contributed by atoms with Crippen LogP contribution in [0, 0.1) is 0 Å². The fourth-order valence-corrected chi connectivity index (χ4v) is 2.67. The largest absolute Gasteiger partial charge is 0.495 e. The molecule has 1 heterocycles. The van der Waals surface area contributed by atoms with E-state index in [1.807, 2.05) is 0 Å². The maximum Gasteiger partial charge on any atom is 0.267 e. The second kappa shape index (κ2) is 4.69. The molecule has 1 N–H and O–H groups in total. The van der Waals surface area contributed by atoms with E-state index in [1.54, 1.807) is 24.3 Å². The van der Waals surface area contributed by atoms with Crippen molar-refractivity contribution < 1.29 is 13.2 Å². The van der Waals surface area contributed by atoms with Crippen LogP contribution in [-0.2, 0) is 10.0 Å². The van der Waals surface area contributed by atoms with Gasteiger partial charge in [-0.25, -0.2) is 8.42 Å². The number of para-hydroxylation sites is 2. The van der Waals surface area contributed by atoms with Gasteiger partial charge in [-0.05, 0) is 12.1 Å². The van der Waals surface area contributed by atoms with Gasteiger partial charge in [-0.2, -0.15) is 5.10 Å². The van der Waals surface area contributed by atoms with Gasteiger partial charge in [0.15, 0.2) is 0 Å². The molecular weight excluding hydrogens is 254 g/mol. The molecule has 0 amide bonds. The summed E-state index contributed by atoms with van der Waals surface area (Å²) in [5, 5.41) is 6.13. The number of methoxy groups -OCH3 is 1. The van der Waals surface area contributed by atoms with Crippen LogP contribution < -0.4 is 9.04 Å². The Labute approximate surface area is 105 Å². The van der Waals surface area contributed by atoms with Crippen LogP contribution in [0.25, 0.3) is 0 Å². The summed E-state index contributed by atoms with van der Waals surface area (Å²) in [6, 6.07) is 6.91. The lowest BCUT2D eigenvalue weighted by Gasteiger charge is -2.20. The lowest BCUT2D eigenvalue weighted by molar-refractivity contribution is 0.416. The molecule has 0 atom stereocenters. The van der Waals surface area contributed by atoms with E-state index in [4.69, 9.17) is 4.74 Å². The molecule has 96 valence electrons. The molecule has 0 fully saturated rings. The topological polar surface area (TPSA) is 75.3 Å². The fraction of sp³-hybridized carbons (Fsp3) is 0.182. The lowest BCUT2D eigenvalue weighted by Crippen LogP contribution is -2.26. The van der Waals surface area contributed by atoms with Crippen molar-refractivity contribution >= 4 is 15.7 Å². The van der Waals surface area contributed by atoms with E-state index in [-0.39, 0.29) is 4.90 Å². The van der Waals surface area contributed by atoms with Gasteiger partial charge in [0.1, 0.15) is 10.6 Å². The minimum atomic E-state index is -3.62. The SMILES string of the molecule is COc1ccccc1N(C)S(=O)(=O)c1cn[nH]c1. The third kappa shape index (κ3) is 2.04. The van der Waals surface area contributed by atoms with Crippen LogP contribution in [0.4, 0.5) is 5.69 Å². The van der Waals surface area contributed by atoms with Crippen LogP contribution in [-0.4, -0.2) is 32.8 Å². The number of H-pyrrole nitrogens is 1. The Hall–Kier alpha value is -2.02. The first kappa shape index (κ1) is 12.4. The first-order chi connectivity index (χ1) is 8.57. The van der Waals surface area contributed by atoms with Crippen molar-refractivity contribution in [2.45, 2.75) is 4.90 Å². The minimum absolute atomic E-state index is 0.107. The molecule has 0 radical (unpaired) electrons. The van der Waals surface area contributed by atoms with Crippen molar-refractivity contribution in [2.24, 2.45) is 0 Å². The van der Waals surface area contributed by atoms with E-state index >= 15 is 0 Å². The number of hydrogen-bond acceptors (Lipinski definition) is 4. The predicted molar refractivity (Wildman–Crippen MR) is 67.2 cm³/mol. The molecule has 0 saturated carbocycles. The van der Waals surface area contributed by atoms with Crippen molar-refractivity contribution in [2.75, 3.05) is 18.5 Å². The van der Waals surface area contributed by atoms with Gasteiger partial charge in [0, 0.05) is 13.2 Å². The smallest absolute Gasteiger partial charge is 0.267 e. The van der Waals surface area contributed by atoms with Gasteiger partial charge in [0.25, 0.3) is 10.0 Å². The summed E-state index contributed by atoms with van der Waals surface area (Å²) in [7, 11) is -0.652. The van der Waals surface area contributed by atoms with E-state index in [2.05, 4.69) is 10.2 Å². The first-order valence-corrected chi connectivity index (χ1v) is 6.62. The summed E-state index contributed by atoms with van der Waals surface area (Å²) in [6.45, 7) is 0. The molecule has 0 saturated heterocycles. The quantitative estimate of drug-likeness (QED) is 0.904. The van der Waals surface area contributed by atoms with Gasteiger partial charge >= 0.3 is 0 Å². The molecule has 0 spiro atoms. The van der Waals surface area contributed by atoms with Gasteiger partial charge in [-0.1, -0.05) is 12.1 Å². The van der Waals surface area contributed by atoms with Crippen molar-refractivity contribution in [3.63, 3.8) is 0 Å². The van der Waals surface area contributed by atoms with Gasteiger partial charge in [-0.15, -0.1) is 0 Å². The average molecular weight is 267 g/mol. The van der Waals surface area contributed by atoms with Crippen molar-refractivity contribution in [3.8, 4) is 5.75 Å². The molecule has 0 unspecified atom stereocenters. The average Bonchev–Trinajstić information content (AvgIpc) is 2.92. The summed E-state index contributed by atoms with van der Waals surface area (Å²) in [4.78, 5) is 0.107. The molecule has 6 nitrogen and oxygen atoms in total. The van der Waals surface area contributed by atoms with Gasteiger partial charge in [0.05, 0.1) is 19.0 Å². The van der Waals surface area contributed by atoms with Crippen LogP contribution in [0.15, 0.2) is 41.6 Å². The number of hydrogen-bond donors (Lipinski definition) is 1. The Morgan fingerprint density at radius 1 is 1.33 bits per heavy atom. The molecule has 0 aliphatic heterocycles. The highest BCUT2D eigenvalue weighted by Crippen LogP contribution is 2.30. The highest BCUT2D eigenvalue weighted by atomic mass is 32.2. The number of nitrogens with zero attached hydrogens (tertiary/aromatic N) is 2. The summed E-state index contributed by atoms with van der Waals surface area (Å²) >= 11 is 0. The zero-order valence-corrected chi connectivity index (χ0v) is 10.8. The zero-order chi connectivity index (χ0) is 13.2. The standard InChI is InChI=1S/C11H13N3O3S/c1-14(10-5-3-4-6-11(10)17-2)18(15,16)9-7-12-13-8-9/h3-8H,1-2H3,(H,12,13). The summed E-state index contributed by atoms with van der Waals surface area (Å²) in [5.74, 6) is 0.493. The molecule has 18 heavy (non-hydrogen) atoms. The van der Waals surface area contributed by atoms with Gasteiger partial charge in [0.2, 0.25) is 0 Å². The Morgan fingerprint density at radius 3 is 2.67 bits per heavy atom. The highest BCUT2D eigenvalue weighted by molar-refractivity contribution is 7.92. The normalized spacial score (nSPS) is 11.2. The third-order valence-electron chi connectivity index (χ3n) is 2.56. The van der Waals surface area contributed by atoms with E-state index in [9.17, 15) is 8.42 Å². The van der Waals surface area contributed by atoms with Crippen LogP contribution >= 0.6 is 0 Å². The Morgan fingerprint density at radius 2 is 2.06 bits per heavy atom. The molecule has 2 aromatic rings. The van der Waals surface area contributed by atoms with E-state index in [1.165, 1.54) is 26.6 Å². The van der Waals surface area contributed by atoms with Crippen LogP contribution in [0.5, 0.6) is 5.75 Å². The Bertz CT molecular complexity index is 623. The summed E-state index contributed by atoms with van der Waals surface area (Å²) in [6.07, 6.45) is 2.60. The maximum atomic E-state index is 12.3. The van der Waals surface area contributed by atoms with Crippen LogP contribution in [0.3, 0.4) is 0 Å². The van der Waals surface area contributed by atoms with Crippen molar-refractivity contribution in [1.82, 2.24) is 10.2 Å². The Balaban J connectivity index is 2.46. The second-order valence-electron chi connectivity index (χ2n) is 3.58. The Kier molecular flexibility index (Phi) is 3.24. The third-order valence-corrected chi connectivity index (χ3v) is 4.29. The minimum Gasteiger partial charge on any atom is -0.495 e. The number of aromatic amines is 1. The predicted octanol–water partition coefficient (Wildman–Crippen LogP) is 1.24. The summed E-state index contributed by atoms with van der Waals surface area (Å²) in [5.41, 5.74) is 0.473. The number of aromatic nitrogens is 2. The van der Waals surface area contributed by atoms with Crippen LogP contribution in [0.1, 0.15) is 0 Å². The van der Waals surface area contributed by atoms with Crippen LogP contribution in [0.2, 0.25) is 0 Å². The molecule has 7 heteroatoms. The van der Waals surface area contributed by atoms with Gasteiger partial charge < -0.3 is 4.74 Å². The van der Waals surface area contributed by atoms with E-state index < -0.39 is 10.0 Å². The lowest BCUT2D eigenvalue weighted by atomic mass is 10.3. The number of sulfonamides is 1. The molecule has 1 aromatic heterocycles. The number of anilines is 1. The molecule has 2 rings (SSSR count). The zero-order valence-electron chi connectivity index (χ0n) is 9.99. The molecule has 0 bridgehead atoms. The monoisotopic (exact) mass is 267 g/mol. The first-order valence-electron chi connectivity index (χ1n) is 5.18. The molecule has 1 aromatic carbocycles. The van der Waals surface area contributed by atoms with Gasteiger partial charge in [-0.3, -0.25) is 9.40 Å². The number of nitrogens with one attached hydrogen (secondary N) is 1. The molecule has 0 aliphatic rings. The maximum absolute atomic E-state index is 12.3. The fourth-order valence-electron chi connectivity index (χ4n) is 1.56. The molecule has 0 aliphatic carbocycles. The van der Waals surface area contributed by atoms with Crippen molar-refractivity contribution in [1.29, 1.82) is 0 Å². The summed E-state index contributed by atoms with van der Waals surface area (Å²) < 4.78 is 30.9. The number of rotatable bonds is 4. The van der Waals surface area contributed by atoms with Crippen molar-refractivity contribution in [3.05, 3.63) is 36.7 Å².